The van der Waals surface area contributed by atoms with Gasteiger partial charge in [-0.05, 0) is 53.6 Å². The zero-order valence-electron chi connectivity index (χ0n) is 14.7. The molecule has 0 unspecified atom stereocenters. The van der Waals surface area contributed by atoms with E-state index >= 15 is 0 Å². The van der Waals surface area contributed by atoms with Crippen molar-refractivity contribution in [2.45, 2.75) is 17.7 Å². The number of hydrogen-bond acceptors (Lipinski definition) is 3. The Hall–Kier alpha value is -2.83. The van der Waals surface area contributed by atoms with Gasteiger partial charge in [-0.15, -0.1) is 0 Å². The third-order valence-corrected chi connectivity index (χ3v) is 6.64. The molecule has 0 saturated heterocycles. The Morgan fingerprint density at radius 1 is 0.929 bits per heavy atom. The Kier molecular flexibility index (Phi) is 4.61. The fourth-order valence-corrected chi connectivity index (χ4v) is 5.13. The van der Waals surface area contributed by atoms with Crippen molar-refractivity contribution in [3.8, 4) is 0 Å². The maximum atomic E-state index is 13.5. The molecule has 1 aromatic heterocycles. The molecule has 5 nitrogen and oxygen atoms in total. The van der Waals surface area contributed by atoms with Crippen molar-refractivity contribution in [3.05, 3.63) is 77.4 Å². The molecule has 7 heteroatoms. The Labute approximate surface area is 166 Å². The van der Waals surface area contributed by atoms with E-state index < -0.39 is 16.0 Å². The molecule has 0 bridgehead atoms. The van der Waals surface area contributed by atoms with Gasteiger partial charge in [0.2, 0.25) is 0 Å². The number of benzene rings is 3. The smallest absolute Gasteiger partial charge is 0.303 e. The molecule has 0 fully saturated rings. The molecule has 28 heavy (non-hydrogen) atoms. The highest BCUT2D eigenvalue weighted by Gasteiger charge is 2.23. The van der Waals surface area contributed by atoms with Crippen LogP contribution in [-0.2, 0) is 21.2 Å². The number of aliphatic carboxylic acids is 1. The van der Waals surface area contributed by atoms with Gasteiger partial charge in [-0.25, -0.2) is 12.4 Å². The van der Waals surface area contributed by atoms with Crippen molar-refractivity contribution in [1.29, 1.82) is 0 Å². The van der Waals surface area contributed by atoms with Gasteiger partial charge in [0.15, 0.2) is 0 Å². The number of nitrogens with zero attached hydrogens (tertiary/aromatic N) is 1. The van der Waals surface area contributed by atoms with E-state index in [1.54, 1.807) is 42.5 Å². The van der Waals surface area contributed by atoms with Gasteiger partial charge >= 0.3 is 5.97 Å². The summed E-state index contributed by atoms with van der Waals surface area (Å²) in [6.45, 7) is 0. The Morgan fingerprint density at radius 2 is 1.68 bits per heavy atom. The maximum Gasteiger partial charge on any atom is 0.303 e. The fraction of sp³-hybridized carbons (Fsp3) is 0.0952. The Morgan fingerprint density at radius 3 is 2.43 bits per heavy atom. The van der Waals surface area contributed by atoms with Gasteiger partial charge < -0.3 is 5.11 Å². The predicted molar refractivity (Wildman–Crippen MR) is 109 cm³/mol. The van der Waals surface area contributed by atoms with E-state index in [-0.39, 0.29) is 17.7 Å². The third kappa shape index (κ3) is 3.25. The second kappa shape index (κ2) is 6.96. The standard InChI is InChI=1S/C21H16ClNO4S/c22-17-6-9-20-16(11-17)12-18(7-10-21(24)25)23(20)28(26,27)19-8-5-14-3-1-2-4-15(14)13-19/h1-6,8-9,11-13H,7,10H2,(H,24,25). The number of aryl methyl sites for hydroxylation is 1. The molecular formula is C21H16ClNO4S. The van der Waals surface area contributed by atoms with E-state index in [4.69, 9.17) is 16.7 Å². The molecule has 0 radical (unpaired) electrons. The Balaban J connectivity index is 1.94. The minimum Gasteiger partial charge on any atom is -0.481 e. The quantitative estimate of drug-likeness (QED) is 0.514. The van der Waals surface area contributed by atoms with Crippen LogP contribution in [0.3, 0.4) is 0 Å². The van der Waals surface area contributed by atoms with Crippen molar-refractivity contribution in [2.75, 3.05) is 0 Å². The summed E-state index contributed by atoms with van der Waals surface area (Å²) in [5.74, 6) is -0.988. The Bertz CT molecular complexity index is 1330. The summed E-state index contributed by atoms with van der Waals surface area (Å²) in [5.41, 5.74) is 0.880. The molecule has 1 N–H and O–H groups in total. The zero-order valence-corrected chi connectivity index (χ0v) is 16.2. The van der Waals surface area contributed by atoms with E-state index in [1.165, 1.54) is 3.97 Å². The van der Waals surface area contributed by atoms with Crippen LogP contribution in [0.2, 0.25) is 5.02 Å². The normalized spacial score (nSPS) is 11.9. The van der Waals surface area contributed by atoms with Gasteiger partial charge in [0.25, 0.3) is 10.0 Å². The SMILES string of the molecule is O=C(O)CCc1cc2cc(Cl)ccc2n1S(=O)(=O)c1ccc2ccccc2c1. The number of halogens is 1. The van der Waals surface area contributed by atoms with Crippen molar-refractivity contribution in [2.24, 2.45) is 0 Å². The van der Waals surface area contributed by atoms with E-state index in [2.05, 4.69) is 0 Å². The first-order valence-corrected chi connectivity index (χ1v) is 10.4. The van der Waals surface area contributed by atoms with E-state index in [9.17, 15) is 13.2 Å². The number of carboxylic acid groups (broad SMARTS) is 1. The van der Waals surface area contributed by atoms with Gasteiger partial charge in [0.1, 0.15) is 0 Å². The number of carbonyl (C=O) groups is 1. The van der Waals surface area contributed by atoms with E-state index in [1.807, 2.05) is 24.3 Å². The van der Waals surface area contributed by atoms with Gasteiger partial charge in [-0.3, -0.25) is 4.79 Å². The fourth-order valence-electron chi connectivity index (χ4n) is 3.34. The van der Waals surface area contributed by atoms with E-state index in [0.717, 1.165) is 10.8 Å². The van der Waals surface area contributed by atoms with Crippen molar-refractivity contribution >= 4 is 49.3 Å². The molecule has 4 aromatic rings. The minimum absolute atomic E-state index is 0.0917. The molecule has 0 aliphatic heterocycles. The van der Waals surface area contributed by atoms with Crippen LogP contribution in [-0.4, -0.2) is 23.5 Å². The average Bonchev–Trinajstić information content (AvgIpc) is 3.04. The highest BCUT2D eigenvalue weighted by molar-refractivity contribution is 7.90. The van der Waals surface area contributed by atoms with Crippen LogP contribution in [0.4, 0.5) is 0 Å². The molecular weight excluding hydrogens is 398 g/mol. The molecule has 0 saturated carbocycles. The molecule has 4 rings (SSSR count). The first kappa shape index (κ1) is 18.5. The predicted octanol–water partition coefficient (Wildman–Crippen LogP) is 4.70. The van der Waals surface area contributed by atoms with Gasteiger partial charge in [-0.2, -0.15) is 0 Å². The molecule has 0 spiro atoms. The number of aromatic nitrogens is 1. The number of rotatable bonds is 5. The van der Waals surface area contributed by atoms with Crippen molar-refractivity contribution in [3.63, 3.8) is 0 Å². The second-order valence-corrected chi connectivity index (χ2v) is 8.73. The number of carboxylic acids is 1. The second-order valence-electron chi connectivity index (χ2n) is 6.51. The first-order chi connectivity index (χ1) is 13.4. The minimum atomic E-state index is -3.92. The van der Waals surface area contributed by atoms with Gasteiger partial charge in [-0.1, -0.05) is 41.9 Å². The summed E-state index contributed by atoms with van der Waals surface area (Å²) in [4.78, 5) is 11.2. The highest BCUT2D eigenvalue weighted by Crippen LogP contribution is 2.30. The molecule has 1 heterocycles. The van der Waals surface area contributed by atoms with Crippen LogP contribution in [0, 0.1) is 0 Å². The lowest BCUT2D eigenvalue weighted by Gasteiger charge is -2.12. The lowest BCUT2D eigenvalue weighted by molar-refractivity contribution is -0.136. The average molecular weight is 414 g/mol. The van der Waals surface area contributed by atoms with Crippen molar-refractivity contribution < 1.29 is 18.3 Å². The number of fused-ring (bicyclic) bond motifs is 2. The largest absolute Gasteiger partial charge is 0.481 e. The molecule has 0 aliphatic rings. The summed E-state index contributed by atoms with van der Waals surface area (Å²) in [5, 5.41) is 11.9. The van der Waals surface area contributed by atoms with Crippen LogP contribution >= 0.6 is 11.6 Å². The molecule has 0 amide bonds. The molecule has 3 aromatic carbocycles. The summed E-state index contributed by atoms with van der Waals surface area (Å²) in [7, 11) is -3.92. The number of hydrogen-bond donors (Lipinski definition) is 1. The maximum absolute atomic E-state index is 13.5. The monoisotopic (exact) mass is 413 g/mol. The van der Waals surface area contributed by atoms with Gasteiger partial charge in [0.05, 0.1) is 16.8 Å². The molecule has 0 aliphatic carbocycles. The molecule has 142 valence electrons. The van der Waals surface area contributed by atoms with Crippen LogP contribution in [0.5, 0.6) is 0 Å². The van der Waals surface area contributed by atoms with Crippen LogP contribution in [0.1, 0.15) is 12.1 Å². The summed E-state index contributed by atoms with van der Waals surface area (Å²) in [6.07, 6.45) is -0.0776. The molecule has 0 atom stereocenters. The van der Waals surface area contributed by atoms with Gasteiger partial charge in [0, 0.05) is 16.1 Å². The first-order valence-electron chi connectivity index (χ1n) is 8.62. The topological polar surface area (TPSA) is 76.4 Å². The third-order valence-electron chi connectivity index (χ3n) is 4.65. The summed E-state index contributed by atoms with van der Waals surface area (Å²) >= 11 is 6.05. The summed E-state index contributed by atoms with van der Waals surface area (Å²) in [6, 6.07) is 19.1. The summed E-state index contributed by atoms with van der Waals surface area (Å²) < 4.78 is 28.2. The lowest BCUT2D eigenvalue weighted by Crippen LogP contribution is -2.16. The zero-order chi connectivity index (χ0) is 19.9. The lowest BCUT2D eigenvalue weighted by atomic mass is 10.1. The van der Waals surface area contributed by atoms with Crippen molar-refractivity contribution in [1.82, 2.24) is 3.97 Å². The van der Waals surface area contributed by atoms with Crippen LogP contribution < -0.4 is 0 Å². The van der Waals surface area contributed by atoms with E-state index in [0.29, 0.717) is 21.6 Å². The van der Waals surface area contributed by atoms with Crippen LogP contribution in [0.25, 0.3) is 21.7 Å². The highest BCUT2D eigenvalue weighted by atomic mass is 35.5. The van der Waals surface area contributed by atoms with Crippen LogP contribution in [0.15, 0.2) is 71.6 Å².